The molecule has 1 aromatic rings. The molecule has 0 radical (unpaired) electrons. The minimum absolute atomic E-state index is 0.115. The molecule has 0 aromatic heterocycles. The van der Waals surface area contributed by atoms with Gasteiger partial charge in [-0.3, -0.25) is 4.79 Å². The molecular weight excluding hydrogens is 318 g/mol. The molecule has 19 heavy (non-hydrogen) atoms. The van der Waals surface area contributed by atoms with E-state index in [4.69, 9.17) is 4.74 Å². The van der Waals surface area contributed by atoms with Crippen LogP contribution in [-0.2, 0) is 4.79 Å². The molecule has 5 heteroatoms. The Labute approximate surface area is 118 Å². The molecule has 0 N–H and O–H groups in total. The first-order valence-corrected chi connectivity index (χ1v) is 7.17. The molecular formula is C14H13BrF2O2. The van der Waals surface area contributed by atoms with E-state index >= 15 is 0 Å². The van der Waals surface area contributed by atoms with Gasteiger partial charge in [0.1, 0.15) is 11.9 Å². The van der Waals surface area contributed by atoms with Crippen LogP contribution in [0.2, 0.25) is 0 Å². The van der Waals surface area contributed by atoms with Crippen molar-refractivity contribution in [1.29, 1.82) is 0 Å². The zero-order chi connectivity index (χ0) is 13.6. The van der Waals surface area contributed by atoms with Crippen LogP contribution in [0.4, 0.5) is 8.78 Å². The third-order valence-electron chi connectivity index (χ3n) is 4.27. The molecule has 0 aliphatic heterocycles. The van der Waals surface area contributed by atoms with Crippen LogP contribution in [0.25, 0.3) is 0 Å². The Morgan fingerprint density at radius 2 is 1.95 bits per heavy atom. The Morgan fingerprint density at radius 1 is 1.26 bits per heavy atom. The molecule has 0 amide bonds. The topological polar surface area (TPSA) is 26.3 Å². The summed E-state index contributed by atoms with van der Waals surface area (Å²) in [6, 6.07) is 2.46. The molecule has 1 spiro atoms. The SMILES string of the molecule is O=C1CC(Oc2cc(Br)cc(F)c2F)C12CCCC2. The zero-order valence-corrected chi connectivity index (χ0v) is 11.8. The summed E-state index contributed by atoms with van der Waals surface area (Å²) < 4.78 is 33.0. The number of hydrogen-bond acceptors (Lipinski definition) is 2. The first kappa shape index (κ1) is 13.0. The van der Waals surface area contributed by atoms with Crippen LogP contribution in [0.3, 0.4) is 0 Å². The maximum atomic E-state index is 13.7. The summed E-state index contributed by atoms with van der Waals surface area (Å²) in [6.45, 7) is 0. The van der Waals surface area contributed by atoms with Crippen LogP contribution in [0, 0.1) is 17.0 Å². The van der Waals surface area contributed by atoms with E-state index in [-0.39, 0.29) is 17.6 Å². The summed E-state index contributed by atoms with van der Waals surface area (Å²) in [7, 11) is 0. The van der Waals surface area contributed by atoms with Gasteiger partial charge in [0.2, 0.25) is 5.82 Å². The minimum atomic E-state index is -0.990. The number of rotatable bonds is 2. The van der Waals surface area contributed by atoms with Gasteiger partial charge in [-0.15, -0.1) is 0 Å². The predicted octanol–water partition coefficient (Wildman–Crippen LogP) is 4.01. The van der Waals surface area contributed by atoms with E-state index in [1.165, 1.54) is 6.07 Å². The minimum Gasteiger partial charge on any atom is -0.486 e. The van der Waals surface area contributed by atoms with E-state index in [0.717, 1.165) is 31.7 Å². The number of carbonyl (C=O) groups excluding carboxylic acids is 1. The average molecular weight is 331 g/mol. The summed E-state index contributed by atoms with van der Waals surface area (Å²) in [5, 5.41) is 0. The van der Waals surface area contributed by atoms with Crippen molar-refractivity contribution in [2.24, 2.45) is 5.41 Å². The fourth-order valence-electron chi connectivity index (χ4n) is 3.15. The largest absolute Gasteiger partial charge is 0.486 e. The third-order valence-corrected chi connectivity index (χ3v) is 4.72. The smallest absolute Gasteiger partial charge is 0.200 e. The van der Waals surface area contributed by atoms with Gasteiger partial charge in [0.15, 0.2) is 11.6 Å². The second-order valence-corrected chi connectivity index (χ2v) is 6.21. The highest BCUT2D eigenvalue weighted by atomic mass is 79.9. The van der Waals surface area contributed by atoms with Crippen molar-refractivity contribution in [2.45, 2.75) is 38.2 Å². The Balaban J connectivity index is 1.85. The summed E-state index contributed by atoms with van der Waals surface area (Å²) in [5.74, 6) is -1.85. The maximum absolute atomic E-state index is 13.7. The van der Waals surface area contributed by atoms with Crippen molar-refractivity contribution in [3.05, 3.63) is 28.2 Å². The van der Waals surface area contributed by atoms with Crippen LogP contribution in [0.1, 0.15) is 32.1 Å². The van der Waals surface area contributed by atoms with Gasteiger partial charge in [-0.05, 0) is 25.0 Å². The van der Waals surface area contributed by atoms with Crippen LogP contribution >= 0.6 is 15.9 Å². The fourth-order valence-corrected chi connectivity index (χ4v) is 3.56. The lowest BCUT2D eigenvalue weighted by Crippen LogP contribution is -2.55. The van der Waals surface area contributed by atoms with Gasteiger partial charge < -0.3 is 4.74 Å². The number of hydrogen-bond donors (Lipinski definition) is 0. The van der Waals surface area contributed by atoms with Gasteiger partial charge in [0.05, 0.1) is 5.41 Å². The molecule has 0 bridgehead atoms. The van der Waals surface area contributed by atoms with Crippen molar-refractivity contribution in [2.75, 3.05) is 0 Å². The van der Waals surface area contributed by atoms with E-state index < -0.39 is 17.0 Å². The standard InChI is InChI=1S/C14H13BrF2O2/c15-8-5-9(16)13(17)10(6-8)19-12-7-11(18)14(12)3-1-2-4-14/h5-6,12H,1-4,7H2. The van der Waals surface area contributed by atoms with Crippen molar-refractivity contribution in [3.8, 4) is 5.75 Å². The lowest BCUT2D eigenvalue weighted by atomic mass is 9.63. The number of benzene rings is 1. The number of ether oxygens (including phenoxy) is 1. The molecule has 102 valence electrons. The Hall–Kier alpha value is -0.970. The Bertz CT molecular complexity index is 538. The van der Waals surface area contributed by atoms with Gasteiger partial charge in [-0.1, -0.05) is 28.8 Å². The molecule has 1 aromatic carbocycles. The average Bonchev–Trinajstić information content (AvgIpc) is 2.87. The molecule has 2 aliphatic rings. The number of carbonyl (C=O) groups is 1. The molecule has 3 rings (SSSR count). The summed E-state index contributed by atoms with van der Waals surface area (Å²) in [6.07, 6.45) is 3.59. The van der Waals surface area contributed by atoms with Gasteiger partial charge in [0.25, 0.3) is 0 Å². The van der Waals surface area contributed by atoms with Crippen molar-refractivity contribution in [3.63, 3.8) is 0 Å². The first-order valence-electron chi connectivity index (χ1n) is 6.37. The number of halogens is 3. The second-order valence-electron chi connectivity index (χ2n) is 5.30. The highest BCUT2D eigenvalue weighted by Gasteiger charge is 2.57. The number of Topliss-reactive ketones (excluding diaryl/α,β-unsaturated/α-hetero) is 1. The zero-order valence-electron chi connectivity index (χ0n) is 10.2. The summed E-state index contributed by atoms with van der Waals surface area (Å²) >= 11 is 3.11. The lowest BCUT2D eigenvalue weighted by Gasteiger charge is -2.44. The van der Waals surface area contributed by atoms with Gasteiger partial charge in [-0.25, -0.2) is 4.39 Å². The second kappa shape index (κ2) is 4.54. The highest BCUT2D eigenvalue weighted by molar-refractivity contribution is 9.10. The van der Waals surface area contributed by atoms with Crippen molar-refractivity contribution in [1.82, 2.24) is 0 Å². The molecule has 2 nitrogen and oxygen atoms in total. The van der Waals surface area contributed by atoms with Gasteiger partial charge in [0, 0.05) is 10.9 Å². The molecule has 2 aliphatic carbocycles. The third kappa shape index (κ3) is 1.98. The van der Waals surface area contributed by atoms with Crippen LogP contribution < -0.4 is 4.74 Å². The molecule has 1 unspecified atom stereocenters. The van der Waals surface area contributed by atoms with Gasteiger partial charge >= 0.3 is 0 Å². The fraction of sp³-hybridized carbons (Fsp3) is 0.500. The van der Waals surface area contributed by atoms with Crippen molar-refractivity contribution >= 4 is 21.7 Å². The van der Waals surface area contributed by atoms with E-state index in [9.17, 15) is 13.6 Å². The van der Waals surface area contributed by atoms with Gasteiger partial charge in [-0.2, -0.15) is 4.39 Å². The van der Waals surface area contributed by atoms with E-state index in [1.54, 1.807) is 0 Å². The monoisotopic (exact) mass is 330 g/mol. The molecule has 2 saturated carbocycles. The molecule has 0 heterocycles. The van der Waals surface area contributed by atoms with Crippen LogP contribution in [0.5, 0.6) is 5.75 Å². The van der Waals surface area contributed by atoms with Crippen LogP contribution in [-0.4, -0.2) is 11.9 Å². The molecule has 0 saturated heterocycles. The van der Waals surface area contributed by atoms with Crippen molar-refractivity contribution < 1.29 is 18.3 Å². The maximum Gasteiger partial charge on any atom is 0.200 e. The molecule has 1 atom stereocenters. The Morgan fingerprint density at radius 3 is 2.58 bits per heavy atom. The summed E-state index contributed by atoms with van der Waals surface area (Å²) in [5.41, 5.74) is -0.439. The van der Waals surface area contributed by atoms with E-state index in [2.05, 4.69) is 15.9 Å². The number of ketones is 1. The quantitative estimate of drug-likeness (QED) is 0.766. The summed E-state index contributed by atoms with van der Waals surface area (Å²) in [4.78, 5) is 11.8. The molecule has 2 fully saturated rings. The lowest BCUT2D eigenvalue weighted by molar-refractivity contribution is -0.151. The predicted molar refractivity (Wildman–Crippen MR) is 69.0 cm³/mol. The Kier molecular flexibility index (Phi) is 3.12. The van der Waals surface area contributed by atoms with E-state index in [1.807, 2.05) is 0 Å². The highest BCUT2D eigenvalue weighted by Crippen LogP contribution is 2.52. The van der Waals surface area contributed by atoms with E-state index in [0.29, 0.717) is 10.9 Å². The first-order chi connectivity index (χ1) is 9.03. The normalized spacial score (nSPS) is 24.6. The van der Waals surface area contributed by atoms with Crippen LogP contribution in [0.15, 0.2) is 16.6 Å².